The van der Waals surface area contributed by atoms with Gasteiger partial charge in [0.25, 0.3) is 11.8 Å². The van der Waals surface area contributed by atoms with Gasteiger partial charge in [0.1, 0.15) is 29.1 Å². The number of hydrogen-bond acceptors (Lipinski definition) is 7. The predicted octanol–water partition coefficient (Wildman–Crippen LogP) is 1.93. The number of hydroxylamine groups is 2. The first kappa shape index (κ1) is 23.9. The van der Waals surface area contributed by atoms with Gasteiger partial charge in [0.15, 0.2) is 11.4 Å². The number of nitrogens with zero attached hydrogens (tertiary/aromatic N) is 4. The minimum Gasteiger partial charge on any atom is -0.503 e. The van der Waals surface area contributed by atoms with Crippen LogP contribution >= 0.6 is 0 Å². The fourth-order valence-corrected chi connectivity index (χ4v) is 5.05. The molecule has 0 aliphatic carbocycles. The Bertz CT molecular complexity index is 1380. The molecule has 3 aliphatic heterocycles. The lowest BCUT2D eigenvalue weighted by Crippen LogP contribution is -2.52. The highest BCUT2D eigenvalue weighted by molar-refractivity contribution is 5.99. The number of aromatic nitrogens is 1. The number of pyridine rings is 1. The molecule has 3 aliphatic rings. The predicted molar refractivity (Wildman–Crippen MR) is 123 cm³/mol. The van der Waals surface area contributed by atoms with E-state index in [1.807, 2.05) is 6.92 Å². The number of benzene rings is 1. The van der Waals surface area contributed by atoms with Crippen molar-refractivity contribution < 1.29 is 28.3 Å². The highest BCUT2D eigenvalue weighted by atomic mass is 19.1. The number of carbonyl (C=O) groups is 2. The number of nitrogens with one attached hydrogen (secondary N) is 1. The molecule has 10 nitrogen and oxygen atoms in total. The van der Waals surface area contributed by atoms with Crippen molar-refractivity contribution in [1.82, 2.24) is 19.8 Å². The highest BCUT2D eigenvalue weighted by Gasteiger charge is 2.54. The number of fused-ring (bicyclic) bond motifs is 5. The van der Waals surface area contributed by atoms with Crippen molar-refractivity contribution in [2.24, 2.45) is 4.99 Å². The van der Waals surface area contributed by atoms with Crippen molar-refractivity contribution >= 4 is 17.6 Å². The summed E-state index contributed by atoms with van der Waals surface area (Å²) in [6.07, 6.45) is 2.25. The number of aromatic hydroxyl groups is 1. The van der Waals surface area contributed by atoms with Crippen molar-refractivity contribution in [3.63, 3.8) is 0 Å². The van der Waals surface area contributed by atoms with Gasteiger partial charge in [-0.2, -0.15) is 0 Å². The topological polar surface area (TPSA) is 116 Å². The summed E-state index contributed by atoms with van der Waals surface area (Å²) in [5.74, 6) is -3.26. The summed E-state index contributed by atoms with van der Waals surface area (Å²) in [5.41, 5.74) is -2.79. The highest BCUT2D eigenvalue weighted by Crippen LogP contribution is 2.45. The molecule has 3 unspecified atom stereocenters. The van der Waals surface area contributed by atoms with Crippen LogP contribution in [0, 0.1) is 11.6 Å². The molecule has 5 rings (SSSR count). The van der Waals surface area contributed by atoms with Gasteiger partial charge in [-0.3, -0.25) is 14.4 Å². The van der Waals surface area contributed by atoms with E-state index in [9.17, 15) is 28.3 Å². The van der Waals surface area contributed by atoms with Crippen LogP contribution in [-0.2, 0) is 11.4 Å². The zero-order valence-corrected chi connectivity index (χ0v) is 19.9. The Balaban J connectivity index is 1.57. The Labute approximate surface area is 204 Å². The maximum Gasteiger partial charge on any atom is 0.274 e. The van der Waals surface area contributed by atoms with E-state index < -0.39 is 52.0 Å². The summed E-state index contributed by atoms with van der Waals surface area (Å²) in [5, 5.41) is 14.8. The van der Waals surface area contributed by atoms with Gasteiger partial charge in [0.2, 0.25) is 11.2 Å². The molecule has 36 heavy (non-hydrogen) atoms. The van der Waals surface area contributed by atoms with Gasteiger partial charge < -0.3 is 19.9 Å². The molecule has 190 valence electrons. The zero-order chi connectivity index (χ0) is 25.9. The second-order valence-corrected chi connectivity index (χ2v) is 9.35. The molecule has 2 amide bonds. The van der Waals surface area contributed by atoms with Crippen LogP contribution in [-0.4, -0.2) is 62.6 Å². The average molecular weight is 501 g/mol. The molecule has 1 aromatic heterocycles. The molecule has 2 aromatic rings. The Kier molecular flexibility index (Phi) is 5.58. The van der Waals surface area contributed by atoms with Crippen LogP contribution < -0.4 is 10.7 Å². The number of amidine groups is 1. The molecule has 3 atom stereocenters. The van der Waals surface area contributed by atoms with Crippen LogP contribution in [0.25, 0.3) is 0 Å². The van der Waals surface area contributed by atoms with Crippen molar-refractivity contribution in [2.75, 3.05) is 13.6 Å². The number of hydrogen-bond donors (Lipinski definition) is 2. The third-order valence-corrected chi connectivity index (χ3v) is 7.15. The van der Waals surface area contributed by atoms with Crippen LogP contribution in [0.2, 0.25) is 0 Å². The fraction of sp³-hybridized carbons (Fsp3) is 0.417. The van der Waals surface area contributed by atoms with E-state index >= 15 is 0 Å². The van der Waals surface area contributed by atoms with Gasteiger partial charge in [0.05, 0.1) is 0 Å². The molecule has 4 heterocycles. The SMILES string of the molecule is CC1=NC2(CCC(C)N3CC2n2cc(C(=O)NCc4ccc(F)cc4F)c(=O)c(O)c2C3=O)ON1C. The van der Waals surface area contributed by atoms with Crippen LogP contribution in [0.1, 0.15) is 59.1 Å². The third-order valence-electron chi connectivity index (χ3n) is 7.15. The molecule has 0 saturated carbocycles. The summed E-state index contributed by atoms with van der Waals surface area (Å²) in [6.45, 7) is 3.54. The number of halogens is 2. The van der Waals surface area contributed by atoms with Gasteiger partial charge in [-0.25, -0.2) is 23.7 Å². The fourth-order valence-electron chi connectivity index (χ4n) is 5.05. The van der Waals surface area contributed by atoms with Crippen molar-refractivity contribution in [3.8, 4) is 5.75 Å². The maximum atomic E-state index is 14.0. The van der Waals surface area contributed by atoms with Crippen LogP contribution in [0.5, 0.6) is 5.75 Å². The van der Waals surface area contributed by atoms with Gasteiger partial charge in [-0.15, -0.1) is 0 Å². The van der Waals surface area contributed by atoms with Crippen molar-refractivity contribution in [1.29, 1.82) is 0 Å². The smallest absolute Gasteiger partial charge is 0.274 e. The first-order valence-corrected chi connectivity index (χ1v) is 11.5. The van der Waals surface area contributed by atoms with E-state index in [0.717, 1.165) is 6.07 Å². The third kappa shape index (κ3) is 3.63. The molecule has 1 aromatic carbocycles. The lowest BCUT2D eigenvalue weighted by molar-refractivity contribution is -0.189. The lowest BCUT2D eigenvalue weighted by Gasteiger charge is -2.41. The summed E-state index contributed by atoms with van der Waals surface area (Å²) in [4.78, 5) is 51.7. The number of amides is 2. The molecular weight excluding hydrogens is 476 g/mol. The zero-order valence-electron chi connectivity index (χ0n) is 19.9. The minimum atomic E-state index is -1.11. The summed E-state index contributed by atoms with van der Waals surface area (Å²) < 4.78 is 28.6. The quantitative estimate of drug-likeness (QED) is 0.664. The van der Waals surface area contributed by atoms with Crippen LogP contribution in [0.4, 0.5) is 8.78 Å². The second kappa shape index (κ2) is 8.40. The Morgan fingerprint density at radius 2 is 2.08 bits per heavy atom. The van der Waals surface area contributed by atoms with E-state index in [4.69, 9.17) is 9.83 Å². The first-order valence-electron chi connectivity index (χ1n) is 11.5. The van der Waals surface area contributed by atoms with Gasteiger partial charge >= 0.3 is 0 Å². The lowest BCUT2D eigenvalue weighted by atomic mass is 9.97. The summed E-state index contributed by atoms with van der Waals surface area (Å²) in [6, 6.07) is 2.09. The average Bonchev–Trinajstić information content (AvgIpc) is 3.06. The van der Waals surface area contributed by atoms with Gasteiger partial charge in [0, 0.05) is 50.4 Å². The van der Waals surface area contributed by atoms with Crippen molar-refractivity contribution in [2.45, 2.75) is 51.0 Å². The monoisotopic (exact) mass is 501 g/mol. The molecule has 12 heteroatoms. The second-order valence-electron chi connectivity index (χ2n) is 9.35. The number of carbonyl (C=O) groups excluding carboxylic acids is 2. The van der Waals surface area contributed by atoms with Crippen LogP contribution in [0.15, 0.2) is 34.2 Å². The maximum absolute atomic E-state index is 14.0. The standard InChI is InChI=1S/C24H25F2N5O5/c1-12-6-7-24(28-13(2)29(3)36-24)18-11-30(12)23(35)19-21(33)20(32)16(10-31(18)19)22(34)27-9-14-4-5-15(25)8-17(14)26/h4-5,8,10,12,18,33H,6-7,9,11H2,1-3H3,(H,27,34). The van der Waals surface area contributed by atoms with Crippen LogP contribution in [0.3, 0.4) is 0 Å². The van der Waals surface area contributed by atoms with E-state index in [1.165, 1.54) is 21.9 Å². The molecular formula is C24H25F2N5O5. The number of rotatable bonds is 3. The summed E-state index contributed by atoms with van der Waals surface area (Å²) >= 11 is 0. The van der Waals surface area contributed by atoms with E-state index in [-0.39, 0.29) is 30.4 Å². The molecule has 1 spiro atoms. The Morgan fingerprint density at radius 3 is 2.75 bits per heavy atom. The molecule has 0 radical (unpaired) electrons. The first-order chi connectivity index (χ1) is 17.0. The largest absolute Gasteiger partial charge is 0.503 e. The molecule has 1 fully saturated rings. The van der Waals surface area contributed by atoms with E-state index in [2.05, 4.69) is 5.32 Å². The molecule has 1 saturated heterocycles. The van der Waals surface area contributed by atoms with Gasteiger partial charge in [-0.05, 0) is 26.3 Å². The Hall–Kier alpha value is -3.80. The van der Waals surface area contributed by atoms with E-state index in [1.54, 1.807) is 18.9 Å². The Morgan fingerprint density at radius 1 is 1.33 bits per heavy atom. The van der Waals surface area contributed by atoms with Crippen molar-refractivity contribution in [3.05, 3.63) is 63.1 Å². The minimum absolute atomic E-state index is 0.0155. The normalized spacial score (nSPS) is 25.0. The van der Waals surface area contributed by atoms with Gasteiger partial charge in [-0.1, -0.05) is 6.07 Å². The van der Waals surface area contributed by atoms with E-state index in [0.29, 0.717) is 24.7 Å². The molecule has 2 bridgehead atoms. The summed E-state index contributed by atoms with van der Waals surface area (Å²) in [7, 11) is 1.71. The molecule has 2 N–H and O–H groups in total. The number of aliphatic imine (C=N–C) groups is 1.